The molecule has 0 heterocycles. The Kier molecular flexibility index (Phi) is 4.82. The first-order valence-corrected chi connectivity index (χ1v) is 7.21. The Morgan fingerprint density at radius 3 is 2.68 bits per heavy atom. The molecule has 1 aliphatic carbocycles. The Hall–Kier alpha value is -0.640. The van der Waals surface area contributed by atoms with Crippen LogP contribution in [0.5, 0.6) is 0 Å². The molecule has 1 aromatic rings. The fourth-order valence-electron chi connectivity index (χ4n) is 2.81. The number of methoxy groups -OCH3 is 1. The highest BCUT2D eigenvalue weighted by Gasteiger charge is 2.43. The number of ether oxygens (including phenoxy) is 1. The maximum Gasteiger partial charge on any atom is 0.141 e. The average molecular weight is 286 g/mol. The summed E-state index contributed by atoms with van der Waals surface area (Å²) in [6.07, 6.45) is 4.17. The van der Waals surface area contributed by atoms with Crippen LogP contribution in [-0.4, -0.2) is 25.3 Å². The molecule has 0 amide bonds. The van der Waals surface area contributed by atoms with Crippen LogP contribution < -0.4 is 5.32 Å². The summed E-state index contributed by atoms with van der Waals surface area (Å²) in [5.41, 5.74) is 0.970. The van der Waals surface area contributed by atoms with Crippen LogP contribution in [0.3, 0.4) is 0 Å². The van der Waals surface area contributed by atoms with E-state index in [1.54, 1.807) is 19.2 Å². The number of hydrogen-bond acceptors (Lipinski definition) is 2. The van der Waals surface area contributed by atoms with Gasteiger partial charge in [0.15, 0.2) is 0 Å². The number of halogens is 2. The molecule has 19 heavy (non-hydrogen) atoms. The first-order valence-electron chi connectivity index (χ1n) is 6.84. The fraction of sp³-hybridized carbons (Fsp3) is 0.600. The van der Waals surface area contributed by atoms with Crippen LogP contribution in [0.1, 0.15) is 31.7 Å². The van der Waals surface area contributed by atoms with E-state index in [2.05, 4.69) is 12.2 Å². The van der Waals surface area contributed by atoms with E-state index < -0.39 is 0 Å². The van der Waals surface area contributed by atoms with Crippen molar-refractivity contribution in [1.82, 2.24) is 5.32 Å². The second-order valence-electron chi connectivity index (χ2n) is 5.19. The van der Waals surface area contributed by atoms with E-state index in [0.29, 0.717) is 0 Å². The Morgan fingerprint density at radius 2 is 2.21 bits per heavy atom. The van der Waals surface area contributed by atoms with Gasteiger partial charge in [-0.2, -0.15) is 0 Å². The minimum Gasteiger partial charge on any atom is -0.377 e. The predicted molar refractivity (Wildman–Crippen MR) is 76.2 cm³/mol. The standard InChI is InChI=1S/C15H21ClFNO/c1-3-18-14(15(19-2)7-4-8-15)10-11-5-6-13(17)12(16)9-11/h5-6,9,14,18H,3-4,7-8,10H2,1-2H3. The average Bonchev–Trinajstić information content (AvgIpc) is 2.33. The number of rotatable bonds is 6. The fourth-order valence-corrected chi connectivity index (χ4v) is 3.02. The van der Waals surface area contributed by atoms with Crippen molar-refractivity contribution < 1.29 is 9.13 Å². The predicted octanol–water partition coefficient (Wildman–Crippen LogP) is 3.57. The zero-order chi connectivity index (χ0) is 13.9. The highest BCUT2D eigenvalue weighted by atomic mass is 35.5. The summed E-state index contributed by atoms with van der Waals surface area (Å²) in [7, 11) is 1.78. The van der Waals surface area contributed by atoms with Crippen LogP contribution in [0.15, 0.2) is 18.2 Å². The summed E-state index contributed by atoms with van der Waals surface area (Å²) >= 11 is 5.84. The van der Waals surface area contributed by atoms with Gasteiger partial charge in [-0.1, -0.05) is 24.6 Å². The van der Waals surface area contributed by atoms with Crippen molar-refractivity contribution in [3.05, 3.63) is 34.6 Å². The summed E-state index contributed by atoms with van der Waals surface area (Å²) < 4.78 is 18.9. The minimum absolute atomic E-state index is 0.0725. The second-order valence-corrected chi connectivity index (χ2v) is 5.59. The molecule has 2 rings (SSSR count). The summed E-state index contributed by atoms with van der Waals surface area (Å²) in [6.45, 7) is 2.98. The summed E-state index contributed by atoms with van der Waals surface area (Å²) in [5.74, 6) is -0.365. The molecule has 1 saturated carbocycles. The van der Waals surface area contributed by atoms with E-state index in [0.717, 1.165) is 31.4 Å². The lowest BCUT2D eigenvalue weighted by Gasteiger charge is -2.47. The van der Waals surface area contributed by atoms with Gasteiger partial charge in [0.1, 0.15) is 5.82 Å². The van der Waals surface area contributed by atoms with Gasteiger partial charge in [-0.25, -0.2) is 4.39 Å². The van der Waals surface area contributed by atoms with E-state index in [1.165, 1.54) is 12.5 Å². The molecule has 4 heteroatoms. The van der Waals surface area contributed by atoms with Crippen LogP contribution in [0.4, 0.5) is 4.39 Å². The van der Waals surface area contributed by atoms with Gasteiger partial charge in [-0.3, -0.25) is 0 Å². The molecule has 0 spiro atoms. The highest BCUT2D eigenvalue weighted by Crippen LogP contribution is 2.39. The molecule has 1 aromatic carbocycles. The van der Waals surface area contributed by atoms with E-state index in [4.69, 9.17) is 16.3 Å². The van der Waals surface area contributed by atoms with Crippen LogP contribution in [0, 0.1) is 5.82 Å². The largest absolute Gasteiger partial charge is 0.377 e. The molecule has 1 unspecified atom stereocenters. The monoisotopic (exact) mass is 285 g/mol. The quantitative estimate of drug-likeness (QED) is 0.863. The van der Waals surface area contributed by atoms with Crippen molar-refractivity contribution in [3.8, 4) is 0 Å². The third-order valence-corrected chi connectivity index (χ3v) is 4.41. The highest BCUT2D eigenvalue weighted by molar-refractivity contribution is 6.30. The lowest BCUT2D eigenvalue weighted by molar-refractivity contribution is -0.0978. The second kappa shape index (κ2) is 6.21. The molecule has 0 bridgehead atoms. The van der Waals surface area contributed by atoms with Crippen molar-refractivity contribution in [1.29, 1.82) is 0 Å². The third kappa shape index (κ3) is 3.10. The molecule has 106 valence electrons. The van der Waals surface area contributed by atoms with Crippen LogP contribution in [0.2, 0.25) is 5.02 Å². The number of likely N-dealkylation sites (N-methyl/N-ethyl adjacent to an activating group) is 1. The van der Waals surface area contributed by atoms with E-state index in [9.17, 15) is 4.39 Å². The van der Waals surface area contributed by atoms with Gasteiger partial charge in [0, 0.05) is 13.2 Å². The smallest absolute Gasteiger partial charge is 0.141 e. The SMILES string of the molecule is CCNC(Cc1ccc(F)c(Cl)c1)C1(OC)CCC1. The Balaban J connectivity index is 2.13. The molecule has 0 radical (unpaired) electrons. The summed E-state index contributed by atoms with van der Waals surface area (Å²) in [6, 6.07) is 5.19. The van der Waals surface area contributed by atoms with Crippen molar-refractivity contribution in [2.45, 2.75) is 44.2 Å². The van der Waals surface area contributed by atoms with Gasteiger partial charge in [0.2, 0.25) is 0 Å². The van der Waals surface area contributed by atoms with Crippen molar-refractivity contribution >= 4 is 11.6 Å². The third-order valence-electron chi connectivity index (χ3n) is 4.12. The summed E-state index contributed by atoms with van der Waals surface area (Å²) in [5, 5.41) is 3.68. The Labute approximate surface area is 119 Å². The van der Waals surface area contributed by atoms with Crippen molar-refractivity contribution in [3.63, 3.8) is 0 Å². The van der Waals surface area contributed by atoms with Gasteiger partial charge >= 0.3 is 0 Å². The zero-order valence-corrected chi connectivity index (χ0v) is 12.3. The van der Waals surface area contributed by atoms with Gasteiger partial charge in [-0.15, -0.1) is 0 Å². The van der Waals surface area contributed by atoms with Gasteiger partial charge in [0.25, 0.3) is 0 Å². The van der Waals surface area contributed by atoms with Gasteiger partial charge < -0.3 is 10.1 Å². The number of nitrogens with one attached hydrogen (secondary N) is 1. The lowest BCUT2D eigenvalue weighted by Crippen LogP contribution is -2.57. The summed E-state index contributed by atoms with van der Waals surface area (Å²) in [4.78, 5) is 0. The molecular formula is C15H21ClFNO. The molecule has 1 aliphatic rings. The molecular weight excluding hydrogens is 265 g/mol. The lowest BCUT2D eigenvalue weighted by atomic mass is 9.72. The number of benzene rings is 1. The van der Waals surface area contributed by atoms with E-state index in [-0.39, 0.29) is 22.5 Å². The minimum atomic E-state index is -0.365. The van der Waals surface area contributed by atoms with E-state index >= 15 is 0 Å². The maximum absolute atomic E-state index is 13.2. The maximum atomic E-state index is 13.2. The van der Waals surface area contributed by atoms with E-state index in [1.807, 2.05) is 0 Å². The van der Waals surface area contributed by atoms with Crippen LogP contribution in [-0.2, 0) is 11.2 Å². The topological polar surface area (TPSA) is 21.3 Å². The molecule has 0 aliphatic heterocycles. The molecule has 0 aromatic heterocycles. The Morgan fingerprint density at radius 1 is 1.47 bits per heavy atom. The first kappa shape index (κ1) is 14.8. The normalized spacial score (nSPS) is 18.9. The van der Waals surface area contributed by atoms with Crippen molar-refractivity contribution in [2.75, 3.05) is 13.7 Å². The number of hydrogen-bond donors (Lipinski definition) is 1. The van der Waals surface area contributed by atoms with Gasteiger partial charge in [0.05, 0.1) is 10.6 Å². The zero-order valence-electron chi connectivity index (χ0n) is 11.5. The van der Waals surface area contributed by atoms with Gasteiger partial charge in [-0.05, 0) is 49.9 Å². The Bertz CT molecular complexity index is 429. The van der Waals surface area contributed by atoms with Crippen LogP contribution >= 0.6 is 11.6 Å². The molecule has 1 fully saturated rings. The first-order chi connectivity index (χ1) is 9.11. The van der Waals surface area contributed by atoms with Crippen LogP contribution in [0.25, 0.3) is 0 Å². The van der Waals surface area contributed by atoms with Crippen molar-refractivity contribution in [2.24, 2.45) is 0 Å². The molecule has 2 nitrogen and oxygen atoms in total. The molecule has 1 N–H and O–H groups in total. The molecule has 1 atom stereocenters. The molecule has 0 saturated heterocycles.